The molecule has 1 amide bonds. The molecule has 1 saturated carbocycles. The Kier molecular flexibility index (Phi) is 4.65. The average molecular weight is 379 g/mol. The highest BCUT2D eigenvalue weighted by molar-refractivity contribution is 5.77. The Morgan fingerprint density at radius 1 is 1.22 bits per heavy atom. The van der Waals surface area contributed by atoms with Gasteiger partial charge in [0.05, 0.1) is 11.5 Å². The molecular formula is C19H20F3N3O2. The molecule has 144 valence electrons. The van der Waals surface area contributed by atoms with Gasteiger partial charge in [0.2, 0.25) is 17.6 Å². The van der Waals surface area contributed by atoms with Gasteiger partial charge in [-0.3, -0.25) is 4.79 Å². The van der Waals surface area contributed by atoms with Crippen molar-refractivity contribution in [1.82, 2.24) is 15.0 Å². The summed E-state index contributed by atoms with van der Waals surface area (Å²) in [5, 5.41) is 3.81. The molecule has 1 aromatic heterocycles. The van der Waals surface area contributed by atoms with Crippen molar-refractivity contribution in [3.05, 3.63) is 35.7 Å². The van der Waals surface area contributed by atoms with Gasteiger partial charge in [-0.25, -0.2) is 0 Å². The molecule has 0 atom stereocenters. The monoisotopic (exact) mass is 379 g/mol. The number of hydrogen-bond acceptors (Lipinski definition) is 4. The quantitative estimate of drug-likeness (QED) is 0.796. The summed E-state index contributed by atoms with van der Waals surface area (Å²) in [6.07, 6.45) is 0.866. The Morgan fingerprint density at radius 2 is 1.96 bits per heavy atom. The van der Waals surface area contributed by atoms with Crippen LogP contribution < -0.4 is 0 Å². The van der Waals surface area contributed by atoms with Crippen molar-refractivity contribution in [1.29, 1.82) is 0 Å². The van der Waals surface area contributed by atoms with Gasteiger partial charge in [-0.2, -0.15) is 18.2 Å². The van der Waals surface area contributed by atoms with E-state index in [2.05, 4.69) is 10.1 Å². The van der Waals surface area contributed by atoms with E-state index in [1.807, 2.05) is 0 Å². The molecule has 1 saturated heterocycles. The number of aromatic nitrogens is 2. The number of alkyl halides is 3. The third-order valence-corrected chi connectivity index (χ3v) is 5.41. The van der Waals surface area contributed by atoms with Gasteiger partial charge in [0, 0.05) is 25.1 Å². The molecule has 27 heavy (non-hydrogen) atoms. The zero-order chi connectivity index (χ0) is 19.0. The van der Waals surface area contributed by atoms with Crippen LogP contribution >= 0.6 is 0 Å². The van der Waals surface area contributed by atoms with Gasteiger partial charge in [0.1, 0.15) is 0 Å². The first kappa shape index (κ1) is 18.0. The van der Waals surface area contributed by atoms with E-state index in [1.165, 1.54) is 25.0 Å². The Hall–Kier alpha value is -2.38. The number of nitrogens with zero attached hydrogens (tertiary/aromatic N) is 3. The van der Waals surface area contributed by atoms with Gasteiger partial charge >= 0.3 is 6.18 Å². The highest BCUT2D eigenvalue weighted by atomic mass is 19.4. The van der Waals surface area contributed by atoms with E-state index in [4.69, 9.17) is 4.52 Å². The van der Waals surface area contributed by atoms with Crippen molar-refractivity contribution in [2.75, 3.05) is 13.1 Å². The number of benzene rings is 1. The predicted octanol–water partition coefficient (Wildman–Crippen LogP) is 4.26. The maximum Gasteiger partial charge on any atom is 0.416 e. The van der Waals surface area contributed by atoms with Gasteiger partial charge in [-0.05, 0) is 30.9 Å². The molecule has 1 aliphatic carbocycles. The van der Waals surface area contributed by atoms with Crippen LogP contribution in [0.5, 0.6) is 0 Å². The van der Waals surface area contributed by atoms with Crippen LogP contribution in [0.1, 0.15) is 49.5 Å². The summed E-state index contributed by atoms with van der Waals surface area (Å²) in [5.74, 6) is 1.12. The number of carbonyl (C=O) groups is 1. The lowest BCUT2D eigenvalue weighted by atomic mass is 9.96. The maximum absolute atomic E-state index is 12.8. The molecule has 0 N–H and O–H groups in total. The van der Waals surface area contributed by atoms with E-state index >= 15 is 0 Å². The molecule has 2 aliphatic rings. The zero-order valence-electron chi connectivity index (χ0n) is 14.7. The summed E-state index contributed by atoms with van der Waals surface area (Å²) in [6.45, 7) is 1.05. The van der Waals surface area contributed by atoms with E-state index < -0.39 is 11.7 Å². The molecule has 5 nitrogen and oxygen atoms in total. The fraction of sp³-hybridized carbons (Fsp3) is 0.526. The minimum absolute atomic E-state index is 0.0513. The van der Waals surface area contributed by atoms with Crippen molar-refractivity contribution in [3.8, 4) is 11.4 Å². The third kappa shape index (κ3) is 3.84. The van der Waals surface area contributed by atoms with Crippen LogP contribution in [-0.4, -0.2) is 34.0 Å². The first-order chi connectivity index (χ1) is 12.9. The number of halogens is 3. The second-order valence-electron chi connectivity index (χ2n) is 7.39. The van der Waals surface area contributed by atoms with Crippen LogP contribution in [0.15, 0.2) is 28.8 Å². The Morgan fingerprint density at radius 3 is 2.67 bits per heavy atom. The third-order valence-electron chi connectivity index (χ3n) is 5.41. The first-order valence-electron chi connectivity index (χ1n) is 9.19. The van der Waals surface area contributed by atoms with Crippen LogP contribution in [0.4, 0.5) is 13.2 Å². The average Bonchev–Trinajstić information content (AvgIpc) is 3.25. The highest BCUT2D eigenvalue weighted by Crippen LogP contribution is 2.34. The van der Waals surface area contributed by atoms with E-state index in [0.717, 1.165) is 25.0 Å². The first-order valence-corrected chi connectivity index (χ1v) is 9.19. The number of rotatable bonds is 4. The number of amides is 1. The van der Waals surface area contributed by atoms with Gasteiger partial charge in [-0.15, -0.1) is 0 Å². The maximum atomic E-state index is 12.8. The van der Waals surface area contributed by atoms with E-state index in [-0.39, 0.29) is 23.2 Å². The molecule has 8 heteroatoms. The summed E-state index contributed by atoms with van der Waals surface area (Å²) in [6, 6.07) is 4.85. The topological polar surface area (TPSA) is 59.2 Å². The molecule has 1 aliphatic heterocycles. The largest absolute Gasteiger partial charge is 0.416 e. The van der Waals surface area contributed by atoms with Gasteiger partial charge in [0.15, 0.2) is 0 Å². The van der Waals surface area contributed by atoms with Crippen molar-refractivity contribution in [2.45, 2.75) is 44.2 Å². The van der Waals surface area contributed by atoms with E-state index in [9.17, 15) is 18.0 Å². The fourth-order valence-corrected chi connectivity index (χ4v) is 3.78. The second kappa shape index (κ2) is 6.98. The van der Waals surface area contributed by atoms with Crippen molar-refractivity contribution in [3.63, 3.8) is 0 Å². The van der Waals surface area contributed by atoms with Crippen LogP contribution in [0.25, 0.3) is 11.4 Å². The summed E-state index contributed by atoms with van der Waals surface area (Å²) >= 11 is 0. The van der Waals surface area contributed by atoms with E-state index in [1.54, 1.807) is 4.90 Å². The van der Waals surface area contributed by atoms with E-state index in [0.29, 0.717) is 31.3 Å². The molecular weight excluding hydrogens is 359 g/mol. The van der Waals surface area contributed by atoms with Gasteiger partial charge in [0.25, 0.3) is 0 Å². The highest BCUT2D eigenvalue weighted by Gasteiger charge is 2.36. The molecule has 0 unspecified atom stereocenters. The number of likely N-dealkylation sites (tertiary alicyclic amines) is 1. The Bertz CT molecular complexity index is 822. The molecule has 0 bridgehead atoms. The summed E-state index contributed by atoms with van der Waals surface area (Å²) in [5.41, 5.74) is -0.494. The molecule has 0 spiro atoms. The van der Waals surface area contributed by atoms with Crippen LogP contribution in [0, 0.1) is 5.92 Å². The SMILES string of the molecule is O=C(CC1CCCC1)N1CC(c2nc(-c3cccc(C(F)(F)F)c3)no2)C1. The Labute approximate surface area is 154 Å². The van der Waals surface area contributed by atoms with Gasteiger partial charge in [-0.1, -0.05) is 30.1 Å². The fourth-order valence-electron chi connectivity index (χ4n) is 3.78. The molecule has 0 radical (unpaired) electrons. The number of hydrogen-bond donors (Lipinski definition) is 0. The molecule has 2 fully saturated rings. The molecule has 2 aromatic rings. The van der Waals surface area contributed by atoms with Crippen LogP contribution in [0.3, 0.4) is 0 Å². The van der Waals surface area contributed by atoms with Crippen LogP contribution in [0.2, 0.25) is 0 Å². The minimum atomic E-state index is -4.42. The lowest BCUT2D eigenvalue weighted by Crippen LogP contribution is -2.48. The summed E-state index contributed by atoms with van der Waals surface area (Å²) in [7, 11) is 0. The van der Waals surface area contributed by atoms with Crippen molar-refractivity contribution >= 4 is 5.91 Å². The lowest BCUT2D eigenvalue weighted by molar-refractivity contribution is -0.138. The predicted molar refractivity (Wildman–Crippen MR) is 90.6 cm³/mol. The second-order valence-corrected chi connectivity index (χ2v) is 7.39. The molecule has 1 aromatic carbocycles. The van der Waals surface area contributed by atoms with Crippen molar-refractivity contribution < 1.29 is 22.5 Å². The standard InChI is InChI=1S/C19H20F3N3O2/c20-19(21,22)15-7-3-6-13(9-15)17-23-18(27-24-17)14-10-25(11-14)16(26)8-12-4-1-2-5-12/h3,6-7,9,12,14H,1-2,4-5,8,10-11H2. The number of carbonyl (C=O) groups excluding carboxylic acids is 1. The zero-order valence-corrected chi connectivity index (χ0v) is 14.7. The molecule has 2 heterocycles. The smallest absolute Gasteiger partial charge is 0.341 e. The van der Waals surface area contributed by atoms with Crippen LogP contribution in [-0.2, 0) is 11.0 Å². The summed E-state index contributed by atoms with van der Waals surface area (Å²) in [4.78, 5) is 18.3. The summed E-state index contributed by atoms with van der Waals surface area (Å²) < 4.78 is 43.8. The Balaban J connectivity index is 1.37. The molecule has 4 rings (SSSR count). The normalized spacial score (nSPS) is 18.7. The van der Waals surface area contributed by atoms with Gasteiger partial charge < -0.3 is 9.42 Å². The lowest BCUT2D eigenvalue weighted by Gasteiger charge is -2.37. The minimum Gasteiger partial charge on any atom is -0.341 e. The van der Waals surface area contributed by atoms with Crippen molar-refractivity contribution in [2.24, 2.45) is 5.92 Å².